The molecule has 0 amide bonds. The van der Waals surface area contributed by atoms with Crippen molar-refractivity contribution in [2.24, 2.45) is 5.41 Å². The van der Waals surface area contributed by atoms with Crippen LogP contribution in [0.2, 0.25) is 0 Å². The zero-order chi connectivity index (χ0) is 15.1. The molecule has 10 heteroatoms. The van der Waals surface area contributed by atoms with Gasteiger partial charge in [-0.15, -0.1) is 0 Å². The monoisotopic (exact) mass is 332 g/mol. The van der Waals surface area contributed by atoms with Gasteiger partial charge in [-0.25, -0.2) is 26.3 Å². The Labute approximate surface area is 111 Å². The highest BCUT2D eigenvalue weighted by Gasteiger charge is 2.62. The molecule has 1 aliphatic carbocycles. The summed E-state index contributed by atoms with van der Waals surface area (Å²) in [4.78, 5) is 0. The average molecular weight is 333 g/mol. The maximum Gasteiger partial charge on any atom is 0.286 e. The minimum atomic E-state index is -4.28. The molecular weight excluding hydrogens is 331 g/mol. The molecule has 2 atom stereocenters. The van der Waals surface area contributed by atoms with Crippen molar-refractivity contribution in [3.05, 3.63) is 33.6 Å². The second-order valence-corrected chi connectivity index (χ2v) is 4.15. The molecule has 0 aliphatic heterocycles. The lowest BCUT2D eigenvalue weighted by Gasteiger charge is -2.35. The molecule has 0 saturated carbocycles. The summed E-state index contributed by atoms with van der Waals surface area (Å²) in [5.74, 6) is -7.45. The molecule has 0 nitrogen and oxygen atoms in total. The molecule has 0 N–H and O–H groups in total. The zero-order valence-electron chi connectivity index (χ0n) is 8.43. The Hall–Kier alpha value is -0.760. The average Bonchev–Trinajstić information content (AvgIpc) is 2.34. The summed E-state index contributed by atoms with van der Waals surface area (Å²) in [6.07, 6.45) is -11.1. The van der Waals surface area contributed by atoms with E-state index in [0.717, 1.165) is 0 Å². The van der Waals surface area contributed by atoms with Crippen LogP contribution in [0.15, 0.2) is 33.6 Å². The lowest BCUT2D eigenvalue weighted by Crippen LogP contribution is -2.44. The Kier molecular flexibility index (Phi) is 4.56. The van der Waals surface area contributed by atoms with Crippen LogP contribution in [-0.4, -0.2) is 12.6 Å². The second-order valence-electron chi connectivity index (χ2n) is 3.40. The van der Waals surface area contributed by atoms with Gasteiger partial charge in [-0.1, -0.05) is 23.2 Å². The van der Waals surface area contributed by atoms with Gasteiger partial charge in [0.25, 0.3) is 12.5 Å². The third-order valence-electron chi connectivity index (χ3n) is 2.45. The normalized spacial score (nSPS) is 28.3. The van der Waals surface area contributed by atoms with Crippen LogP contribution in [0.5, 0.6) is 0 Å². The fourth-order valence-corrected chi connectivity index (χ4v) is 1.91. The zero-order valence-corrected chi connectivity index (χ0v) is 9.95. The highest BCUT2D eigenvalue weighted by atomic mass is 35.5. The van der Waals surface area contributed by atoms with E-state index in [4.69, 9.17) is 23.2 Å². The molecule has 0 bridgehead atoms. The van der Waals surface area contributed by atoms with Gasteiger partial charge in [-0.3, -0.25) is 0 Å². The van der Waals surface area contributed by atoms with Crippen molar-refractivity contribution in [1.82, 2.24) is 0 Å². The van der Waals surface area contributed by atoms with Crippen molar-refractivity contribution >= 4 is 23.2 Å². The topological polar surface area (TPSA) is 0 Å². The van der Waals surface area contributed by atoms with E-state index in [1.165, 1.54) is 0 Å². The summed E-state index contributed by atoms with van der Waals surface area (Å²) < 4.78 is 103. The second kappa shape index (κ2) is 5.32. The van der Waals surface area contributed by atoms with Crippen LogP contribution < -0.4 is 0 Å². The molecule has 0 aromatic heterocycles. The number of rotatable bonds is 2. The molecule has 0 fully saturated rings. The molecule has 1 aliphatic rings. The van der Waals surface area contributed by atoms with E-state index in [9.17, 15) is 35.1 Å². The first-order valence-electron chi connectivity index (χ1n) is 4.34. The van der Waals surface area contributed by atoms with Crippen LogP contribution in [0.1, 0.15) is 0 Å². The van der Waals surface area contributed by atoms with Crippen LogP contribution in [0, 0.1) is 5.41 Å². The third-order valence-corrected chi connectivity index (χ3v) is 3.26. The summed E-state index contributed by atoms with van der Waals surface area (Å²) in [5.41, 5.74) is -4.28. The Morgan fingerprint density at radius 3 is 2.00 bits per heavy atom. The Morgan fingerprint density at radius 1 is 1.16 bits per heavy atom. The van der Waals surface area contributed by atoms with E-state index < -0.39 is 51.6 Å². The van der Waals surface area contributed by atoms with E-state index in [1.807, 2.05) is 0 Å². The molecular formula is C9H2Cl2F8. The third kappa shape index (κ3) is 2.14. The summed E-state index contributed by atoms with van der Waals surface area (Å²) in [5, 5.41) is -4.08. The van der Waals surface area contributed by atoms with E-state index >= 15 is 0 Å². The number of halogens is 10. The van der Waals surface area contributed by atoms with Gasteiger partial charge in [0.15, 0.2) is 29.1 Å². The molecule has 0 radical (unpaired) electrons. The van der Waals surface area contributed by atoms with Crippen molar-refractivity contribution < 1.29 is 35.1 Å². The lowest BCUT2D eigenvalue weighted by atomic mass is 9.77. The first-order chi connectivity index (χ1) is 8.59. The van der Waals surface area contributed by atoms with Gasteiger partial charge in [0.2, 0.25) is 0 Å². The maximum atomic E-state index is 13.5. The van der Waals surface area contributed by atoms with Gasteiger partial charge in [0.1, 0.15) is 10.1 Å². The standard InChI is InChI=1S/C9H2Cl2F8/c10-1-2(12)5(14)9(8(18)19,4(11)7(16)17)6(15)3(1)13/h5,8H. The van der Waals surface area contributed by atoms with E-state index in [1.54, 1.807) is 0 Å². The van der Waals surface area contributed by atoms with Gasteiger partial charge >= 0.3 is 0 Å². The van der Waals surface area contributed by atoms with E-state index in [-0.39, 0.29) is 0 Å². The number of hydrogen-bond donors (Lipinski definition) is 0. The first kappa shape index (κ1) is 16.3. The van der Waals surface area contributed by atoms with Crippen molar-refractivity contribution in [2.75, 3.05) is 0 Å². The van der Waals surface area contributed by atoms with Gasteiger partial charge < -0.3 is 0 Å². The van der Waals surface area contributed by atoms with Gasteiger partial charge in [0, 0.05) is 0 Å². The van der Waals surface area contributed by atoms with Crippen LogP contribution in [0.4, 0.5) is 35.1 Å². The van der Waals surface area contributed by atoms with E-state index in [2.05, 4.69) is 0 Å². The SMILES string of the molecule is FC(F)=C(Cl)C1(C(F)F)C(F)=C(F)C(Cl)=C(F)C1F. The van der Waals surface area contributed by atoms with Crippen LogP contribution in [0.3, 0.4) is 0 Å². The highest BCUT2D eigenvalue weighted by molar-refractivity contribution is 6.33. The summed E-state index contributed by atoms with van der Waals surface area (Å²) >= 11 is 9.57. The molecule has 1 rings (SSSR count). The fourth-order valence-electron chi connectivity index (χ4n) is 1.47. The van der Waals surface area contributed by atoms with Crippen LogP contribution in [0.25, 0.3) is 0 Å². The van der Waals surface area contributed by atoms with Gasteiger partial charge in [0.05, 0.1) is 0 Å². The van der Waals surface area contributed by atoms with Crippen LogP contribution in [-0.2, 0) is 0 Å². The van der Waals surface area contributed by atoms with Crippen LogP contribution >= 0.6 is 23.2 Å². The Morgan fingerprint density at radius 2 is 1.63 bits per heavy atom. The molecule has 0 aromatic rings. The van der Waals surface area contributed by atoms with E-state index in [0.29, 0.717) is 0 Å². The molecule has 0 heterocycles. The molecule has 0 spiro atoms. The number of hydrogen-bond acceptors (Lipinski definition) is 0. The van der Waals surface area contributed by atoms with Crippen molar-refractivity contribution in [2.45, 2.75) is 12.6 Å². The highest BCUT2D eigenvalue weighted by Crippen LogP contribution is 2.57. The van der Waals surface area contributed by atoms with Gasteiger partial charge in [-0.05, 0) is 0 Å². The minimum Gasteiger partial charge on any atom is -0.238 e. The first-order valence-corrected chi connectivity index (χ1v) is 5.10. The van der Waals surface area contributed by atoms with Crippen molar-refractivity contribution in [1.29, 1.82) is 0 Å². The molecule has 19 heavy (non-hydrogen) atoms. The summed E-state index contributed by atoms with van der Waals surface area (Å²) in [6.45, 7) is 0. The van der Waals surface area contributed by atoms with Crippen molar-refractivity contribution in [3.8, 4) is 0 Å². The quantitative estimate of drug-likeness (QED) is 0.585. The molecule has 108 valence electrons. The van der Waals surface area contributed by atoms with Crippen molar-refractivity contribution in [3.63, 3.8) is 0 Å². The maximum absolute atomic E-state index is 13.5. The molecule has 0 aromatic carbocycles. The fraction of sp³-hybridized carbons (Fsp3) is 0.333. The summed E-state index contributed by atoms with van der Waals surface area (Å²) in [6, 6.07) is 0. The summed E-state index contributed by atoms with van der Waals surface area (Å²) in [7, 11) is 0. The smallest absolute Gasteiger partial charge is 0.238 e. The number of alkyl halides is 3. The lowest BCUT2D eigenvalue weighted by molar-refractivity contribution is -0.0195. The predicted molar refractivity (Wildman–Crippen MR) is 51.7 cm³/mol. The molecule has 0 saturated heterocycles. The number of allylic oxidation sites excluding steroid dienone is 5. The minimum absolute atomic E-state index is 1.75. The Bertz CT molecular complexity index is 490. The Balaban J connectivity index is 3.74. The molecule has 2 unspecified atom stereocenters. The largest absolute Gasteiger partial charge is 0.286 e. The van der Waals surface area contributed by atoms with Gasteiger partial charge in [-0.2, -0.15) is 8.78 Å². The predicted octanol–water partition coefficient (Wildman–Crippen LogP) is 5.51.